The number of benzene rings is 2. The fourth-order valence-corrected chi connectivity index (χ4v) is 2.40. The maximum absolute atomic E-state index is 12.5. The molecule has 0 atom stereocenters. The summed E-state index contributed by atoms with van der Waals surface area (Å²) in [4.78, 5) is 36.2. The molecule has 0 aromatic heterocycles. The minimum absolute atomic E-state index is 0.152. The number of nitrogens with one attached hydrogen (secondary N) is 3. The molecule has 2 aromatic carbocycles. The summed E-state index contributed by atoms with van der Waals surface area (Å²) in [6.45, 7) is 5.88. The second-order valence-electron chi connectivity index (χ2n) is 6.30. The van der Waals surface area contributed by atoms with Gasteiger partial charge in [-0.25, -0.2) is 0 Å². The fraction of sp³-hybridized carbons (Fsp3) is 0.250. The first-order valence-electron chi connectivity index (χ1n) is 8.41. The molecule has 0 saturated heterocycles. The Kier molecular flexibility index (Phi) is 6.49. The summed E-state index contributed by atoms with van der Waals surface area (Å²) >= 11 is 0. The van der Waals surface area contributed by atoms with Crippen LogP contribution in [-0.2, 0) is 16.1 Å². The molecular weight excluding hydrogens is 330 g/mol. The van der Waals surface area contributed by atoms with Crippen LogP contribution in [0.3, 0.4) is 0 Å². The van der Waals surface area contributed by atoms with E-state index in [0.717, 1.165) is 11.1 Å². The molecule has 2 rings (SSSR count). The topological polar surface area (TPSA) is 87.3 Å². The highest BCUT2D eigenvalue weighted by molar-refractivity contribution is 6.40. The molecule has 6 heteroatoms. The van der Waals surface area contributed by atoms with Crippen molar-refractivity contribution in [3.63, 3.8) is 0 Å². The first kappa shape index (κ1) is 19.2. The number of amides is 3. The monoisotopic (exact) mass is 353 g/mol. The van der Waals surface area contributed by atoms with Gasteiger partial charge in [-0.2, -0.15) is 0 Å². The first-order valence-corrected chi connectivity index (χ1v) is 8.41. The first-order chi connectivity index (χ1) is 12.4. The Morgan fingerprint density at radius 3 is 2.38 bits per heavy atom. The van der Waals surface area contributed by atoms with Gasteiger partial charge < -0.3 is 16.0 Å². The van der Waals surface area contributed by atoms with E-state index in [2.05, 4.69) is 16.0 Å². The van der Waals surface area contributed by atoms with Crippen molar-refractivity contribution < 1.29 is 14.4 Å². The third-order valence-electron chi connectivity index (χ3n) is 3.58. The predicted octanol–water partition coefficient (Wildman–Crippen LogP) is 2.39. The summed E-state index contributed by atoms with van der Waals surface area (Å²) < 4.78 is 0. The summed E-state index contributed by atoms with van der Waals surface area (Å²) in [6.07, 6.45) is 0. The molecule has 2 aromatic rings. The normalized spacial score (nSPS) is 10.3. The number of carbonyl (C=O) groups excluding carboxylic acids is 3. The van der Waals surface area contributed by atoms with E-state index in [1.54, 1.807) is 38.1 Å². The minimum atomic E-state index is -0.808. The van der Waals surface area contributed by atoms with E-state index in [9.17, 15) is 14.4 Å². The number of rotatable bonds is 5. The zero-order valence-corrected chi connectivity index (χ0v) is 15.1. The third-order valence-corrected chi connectivity index (χ3v) is 3.58. The van der Waals surface area contributed by atoms with Crippen molar-refractivity contribution in [3.05, 3.63) is 65.2 Å². The van der Waals surface area contributed by atoms with E-state index in [1.165, 1.54) is 0 Å². The Hall–Kier alpha value is -3.15. The predicted molar refractivity (Wildman–Crippen MR) is 101 cm³/mol. The molecule has 0 bridgehead atoms. The van der Waals surface area contributed by atoms with Gasteiger partial charge in [0.2, 0.25) is 0 Å². The van der Waals surface area contributed by atoms with E-state index >= 15 is 0 Å². The van der Waals surface area contributed by atoms with E-state index in [1.807, 2.05) is 31.2 Å². The minimum Gasteiger partial charge on any atom is -0.348 e. The zero-order valence-electron chi connectivity index (χ0n) is 15.1. The van der Waals surface area contributed by atoms with Crippen LogP contribution in [0.4, 0.5) is 5.69 Å². The van der Waals surface area contributed by atoms with Crippen LogP contribution < -0.4 is 16.0 Å². The van der Waals surface area contributed by atoms with Gasteiger partial charge in [-0.05, 0) is 38.5 Å². The van der Waals surface area contributed by atoms with Crippen LogP contribution >= 0.6 is 0 Å². The molecule has 0 fully saturated rings. The molecule has 0 aliphatic carbocycles. The molecule has 136 valence electrons. The second-order valence-corrected chi connectivity index (χ2v) is 6.30. The van der Waals surface area contributed by atoms with E-state index in [4.69, 9.17) is 0 Å². The van der Waals surface area contributed by atoms with Gasteiger partial charge in [0.25, 0.3) is 5.91 Å². The Morgan fingerprint density at radius 2 is 1.69 bits per heavy atom. The summed E-state index contributed by atoms with van der Waals surface area (Å²) in [5.41, 5.74) is 2.68. The third kappa shape index (κ3) is 5.44. The van der Waals surface area contributed by atoms with Crippen molar-refractivity contribution in [2.75, 3.05) is 5.32 Å². The van der Waals surface area contributed by atoms with Gasteiger partial charge in [0.15, 0.2) is 0 Å². The number of hydrogen-bond acceptors (Lipinski definition) is 3. The standard InChI is InChI=1S/C20H23N3O3/c1-13(2)22-19(25)20(26)23-17-10-5-4-9-16(17)18(24)21-12-15-8-6-7-14(3)11-15/h4-11,13H,12H2,1-3H3,(H,21,24)(H,22,25)(H,23,26). The lowest BCUT2D eigenvalue weighted by Gasteiger charge is -2.12. The number of carbonyl (C=O) groups is 3. The summed E-state index contributed by atoms with van der Waals surface area (Å²) in [5.74, 6) is -1.88. The molecule has 0 unspecified atom stereocenters. The highest BCUT2D eigenvalue weighted by atomic mass is 16.2. The molecule has 6 nitrogen and oxygen atoms in total. The molecule has 0 aliphatic heterocycles. The Morgan fingerprint density at radius 1 is 0.962 bits per heavy atom. The lowest BCUT2D eigenvalue weighted by molar-refractivity contribution is -0.136. The van der Waals surface area contributed by atoms with Crippen molar-refractivity contribution in [2.45, 2.75) is 33.4 Å². The van der Waals surface area contributed by atoms with Crippen LogP contribution in [0.2, 0.25) is 0 Å². The quantitative estimate of drug-likeness (QED) is 0.721. The van der Waals surface area contributed by atoms with Crippen LogP contribution in [0.25, 0.3) is 0 Å². The molecule has 26 heavy (non-hydrogen) atoms. The SMILES string of the molecule is Cc1cccc(CNC(=O)c2ccccc2NC(=O)C(=O)NC(C)C)c1. The number of anilines is 1. The molecule has 0 aliphatic rings. The summed E-state index contributed by atoms with van der Waals surface area (Å²) in [6, 6.07) is 14.3. The highest BCUT2D eigenvalue weighted by Gasteiger charge is 2.18. The molecule has 0 spiro atoms. The average Bonchev–Trinajstić information content (AvgIpc) is 2.59. The summed E-state index contributed by atoms with van der Waals surface area (Å²) in [5, 5.41) is 7.83. The van der Waals surface area contributed by atoms with Crippen LogP contribution in [0.5, 0.6) is 0 Å². The van der Waals surface area contributed by atoms with Gasteiger partial charge in [0, 0.05) is 12.6 Å². The van der Waals surface area contributed by atoms with Gasteiger partial charge in [-0.15, -0.1) is 0 Å². The van der Waals surface area contributed by atoms with Crippen LogP contribution in [0.1, 0.15) is 35.3 Å². The largest absolute Gasteiger partial charge is 0.348 e. The lowest BCUT2D eigenvalue weighted by Crippen LogP contribution is -2.39. The zero-order chi connectivity index (χ0) is 19.1. The van der Waals surface area contributed by atoms with Gasteiger partial charge in [0.1, 0.15) is 0 Å². The van der Waals surface area contributed by atoms with Crippen LogP contribution in [0.15, 0.2) is 48.5 Å². The maximum Gasteiger partial charge on any atom is 0.313 e. The van der Waals surface area contributed by atoms with Gasteiger partial charge in [0.05, 0.1) is 11.3 Å². The smallest absolute Gasteiger partial charge is 0.313 e. The molecule has 0 heterocycles. The molecule has 3 amide bonds. The van der Waals surface area contributed by atoms with E-state index < -0.39 is 11.8 Å². The second kappa shape index (κ2) is 8.80. The van der Waals surface area contributed by atoms with E-state index in [-0.39, 0.29) is 17.6 Å². The number of para-hydroxylation sites is 1. The van der Waals surface area contributed by atoms with Crippen LogP contribution in [0, 0.1) is 6.92 Å². The van der Waals surface area contributed by atoms with Crippen molar-refractivity contribution >= 4 is 23.4 Å². The maximum atomic E-state index is 12.5. The number of aryl methyl sites for hydroxylation is 1. The fourth-order valence-electron chi connectivity index (χ4n) is 2.40. The molecule has 0 saturated carbocycles. The van der Waals surface area contributed by atoms with Gasteiger partial charge in [-0.1, -0.05) is 42.0 Å². The Bertz CT molecular complexity index is 815. The average molecular weight is 353 g/mol. The van der Waals surface area contributed by atoms with Crippen LogP contribution in [-0.4, -0.2) is 23.8 Å². The molecule has 3 N–H and O–H groups in total. The molecule has 0 radical (unpaired) electrons. The van der Waals surface area contributed by atoms with Crippen molar-refractivity contribution in [1.82, 2.24) is 10.6 Å². The molecular formula is C20H23N3O3. The van der Waals surface area contributed by atoms with Crippen molar-refractivity contribution in [3.8, 4) is 0 Å². The number of hydrogen-bond donors (Lipinski definition) is 3. The Labute approximate surface area is 153 Å². The lowest BCUT2D eigenvalue weighted by atomic mass is 10.1. The summed E-state index contributed by atoms with van der Waals surface area (Å²) in [7, 11) is 0. The van der Waals surface area contributed by atoms with Gasteiger partial charge >= 0.3 is 11.8 Å². The van der Waals surface area contributed by atoms with E-state index in [0.29, 0.717) is 12.1 Å². The van der Waals surface area contributed by atoms with Crippen molar-refractivity contribution in [2.24, 2.45) is 0 Å². The highest BCUT2D eigenvalue weighted by Crippen LogP contribution is 2.15. The van der Waals surface area contributed by atoms with Crippen molar-refractivity contribution in [1.29, 1.82) is 0 Å². The Balaban J connectivity index is 2.06. The van der Waals surface area contributed by atoms with Gasteiger partial charge in [-0.3, -0.25) is 14.4 Å².